The molecule has 0 spiro atoms. The fourth-order valence-electron chi connectivity index (χ4n) is 1.12. The average molecular weight is 248 g/mol. The van der Waals surface area contributed by atoms with Gasteiger partial charge in [-0.1, -0.05) is 22.0 Å². The molecule has 0 bridgehead atoms. The van der Waals surface area contributed by atoms with Gasteiger partial charge in [0.15, 0.2) is 0 Å². The van der Waals surface area contributed by atoms with Gasteiger partial charge in [-0.2, -0.15) is 0 Å². The molecule has 0 amide bonds. The van der Waals surface area contributed by atoms with Crippen molar-refractivity contribution in [3.8, 4) is 0 Å². The van der Waals surface area contributed by atoms with Crippen molar-refractivity contribution in [1.82, 2.24) is 0 Å². The van der Waals surface area contributed by atoms with Crippen molar-refractivity contribution in [3.05, 3.63) is 40.7 Å². The maximum absolute atomic E-state index is 12.3. The number of alkyl halides is 2. The fraction of sp³-hybridized carbons (Fsp3) is 0.300. The maximum atomic E-state index is 12.3. The Hall–Kier alpha value is -0.440. The molecule has 1 rings (SSSR count). The van der Waals surface area contributed by atoms with Crippen LogP contribution in [0, 0.1) is 13.8 Å². The molecule has 0 aliphatic carbocycles. The van der Waals surface area contributed by atoms with Crippen molar-refractivity contribution in [2.45, 2.75) is 19.3 Å². The summed E-state index contributed by atoms with van der Waals surface area (Å²) in [4.78, 5) is 0. The topological polar surface area (TPSA) is 0 Å². The molecule has 71 valence electrons. The third kappa shape index (κ3) is 2.76. The van der Waals surface area contributed by atoms with Gasteiger partial charge in [0, 0.05) is 10.4 Å². The molecule has 1 atom stereocenters. The van der Waals surface area contributed by atoms with E-state index in [4.69, 9.17) is 0 Å². The van der Waals surface area contributed by atoms with E-state index in [1.54, 1.807) is 12.1 Å². The molecule has 3 heteroatoms. The molecule has 0 aliphatic rings. The summed E-state index contributed by atoms with van der Waals surface area (Å²) in [6.45, 7) is 5.29. The van der Waals surface area contributed by atoms with Crippen molar-refractivity contribution in [3.63, 3.8) is 0 Å². The maximum Gasteiger partial charge on any atom is 0.245 e. The summed E-state index contributed by atoms with van der Waals surface area (Å²) in [5.74, 6) is -0.948. The highest BCUT2D eigenvalue weighted by molar-refractivity contribution is 9.10. The molecule has 0 fully saturated rings. The highest BCUT2D eigenvalue weighted by atomic mass is 79.9. The van der Waals surface area contributed by atoms with Crippen LogP contribution in [-0.4, -0.2) is 6.43 Å². The molecule has 1 radical (unpaired) electrons. The van der Waals surface area contributed by atoms with Gasteiger partial charge in [0.05, 0.1) is 0 Å². The lowest BCUT2D eigenvalue weighted by atomic mass is 10.0. The number of halogens is 3. The van der Waals surface area contributed by atoms with Crippen LogP contribution in [0.15, 0.2) is 22.7 Å². The Morgan fingerprint density at radius 3 is 2.38 bits per heavy atom. The number of aryl methyl sites for hydroxylation is 1. The molecular weight excluding hydrogens is 238 g/mol. The lowest BCUT2D eigenvalue weighted by Crippen LogP contribution is -2.05. The van der Waals surface area contributed by atoms with Crippen molar-refractivity contribution >= 4 is 15.9 Å². The van der Waals surface area contributed by atoms with Crippen LogP contribution < -0.4 is 0 Å². The fourth-order valence-corrected chi connectivity index (χ4v) is 1.75. The van der Waals surface area contributed by atoms with Crippen molar-refractivity contribution in [2.75, 3.05) is 0 Å². The number of hydrogen-bond acceptors (Lipinski definition) is 0. The molecule has 0 N–H and O–H groups in total. The Morgan fingerprint density at radius 1 is 1.31 bits per heavy atom. The van der Waals surface area contributed by atoms with Crippen molar-refractivity contribution in [2.24, 2.45) is 0 Å². The van der Waals surface area contributed by atoms with E-state index in [0.717, 1.165) is 10.0 Å². The third-order valence-corrected chi connectivity index (χ3v) is 2.25. The minimum Gasteiger partial charge on any atom is -0.210 e. The van der Waals surface area contributed by atoms with Crippen LogP contribution in [0.5, 0.6) is 0 Å². The Bertz CT molecular complexity index is 277. The lowest BCUT2D eigenvalue weighted by Gasteiger charge is -2.11. The largest absolute Gasteiger partial charge is 0.245 e. The van der Waals surface area contributed by atoms with Gasteiger partial charge in [-0.05, 0) is 37.1 Å². The minimum absolute atomic E-state index is 0.571. The predicted molar refractivity (Wildman–Crippen MR) is 53.0 cm³/mol. The van der Waals surface area contributed by atoms with Gasteiger partial charge in [-0.15, -0.1) is 0 Å². The smallest absolute Gasteiger partial charge is 0.210 e. The molecule has 1 aromatic carbocycles. The highest BCUT2D eigenvalue weighted by Gasteiger charge is 2.17. The van der Waals surface area contributed by atoms with Crippen LogP contribution in [0.25, 0.3) is 0 Å². The third-order valence-electron chi connectivity index (χ3n) is 1.80. The van der Waals surface area contributed by atoms with Crippen LogP contribution in [0.3, 0.4) is 0 Å². The van der Waals surface area contributed by atoms with E-state index >= 15 is 0 Å². The standard InChI is InChI=1S/C10H10BrF2/c1-6-3-8(5-9(11)4-6)7(2)10(12)13/h3-5,7,10H,2H2,1H3. The summed E-state index contributed by atoms with van der Waals surface area (Å²) in [5, 5.41) is 0. The zero-order chi connectivity index (χ0) is 10.0. The van der Waals surface area contributed by atoms with E-state index in [-0.39, 0.29) is 0 Å². The van der Waals surface area contributed by atoms with E-state index in [0.29, 0.717) is 5.56 Å². The molecule has 0 aliphatic heterocycles. The molecule has 0 saturated carbocycles. The van der Waals surface area contributed by atoms with E-state index < -0.39 is 12.3 Å². The summed E-state index contributed by atoms with van der Waals surface area (Å²) in [6, 6.07) is 5.28. The Labute approximate surface area is 85.1 Å². The van der Waals surface area contributed by atoms with Gasteiger partial charge in [0.25, 0.3) is 0 Å². The molecule has 1 unspecified atom stereocenters. The summed E-state index contributed by atoms with van der Waals surface area (Å²) >= 11 is 3.26. The molecular formula is C10H10BrF2. The van der Waals surface area contributed by atoms with Gasteiger partial charge >= 0.3 is 0 Å². The van der Waals surface area contributed by atoms with Crippen molar-refractivity contribution in [1.29, 1.82) is 0 Å². The van der Waals surface area contributed by atoms with Crippen LogP contribution in [-0.2, 0) is 0 Å². The second-order valence-corrected chi connectivity index (χ2v) is 3.92. The minimum atomic E-state index is -2.41. The van der Waals surface area contributed by atoms with Gasteiger partial charge < -0.3 is 0 Å². The van der Waals surface area contributed by atoms with Crippen LogP contribution in [0.1, 0.15) is 17.0 Å². The first-order chi connectivity index (χ1) is 6.00. The summed E-state index contributed by atoms with van der Waals surface area (Å²) in [7, 11) is 0. The van der Waals surface area contributed by atoms with E-state index in [2.05, 4.69) is 22.9 Å². The Morgan fingerprint density at radius 2 is 1.92 bits per heavy atom. The van der Waals surface area contributed by atoms with Gasteiger partial charge in [0.2, 0.25) is 6.43 Å². The van der Waals surface area contributed by atoms with E-state index in [9.17, 15) is 8.78 Å². The number of hydrogen-bond donors (Lipinski definition) is 0. The van der Waals surface area contributed by atoms with E-state index in [1.165, 1.54) is 0 Å². The predicted octanol–water partition coefficient (Wildman–Crippen LogP) is 3.94. The Kier molecular flexibility index (Phi) is 3.42. The SMILES string of the molecule is [CH2]C(c1cc(C)cc(Br)c1)C(F)F. The van der Waals surface area contributed by atoms with Crippen LogP contribution in [0.4, 0.5) is 8.78 Å². The van der Waals surface area contributed by atoms with Gasteiger partial charge in [-0.25, -0.2) is 8.78 Å². The molecule has 1 aromatic rings. The Balaban J connectivity index is 3.01. The van der Waals surface area contributed by atoms with Gasteiger partial charge in [-0.3, -0.25) is 0 Å². The second-order valence-electron chi connectivity index (χ2n) is 3.00. The molecule has 0 heterocycles. The van der Waals surface area contributed by atoms with Crippen LogP contribution in [0.2, 0.25) is 0 Å². The second kappa shape index (κ2) is 4.18. The van der Waals surface area contributed by atoms with Crippen LogP contribution >= 0.6 is 15.9 Å². The number of rotatable bonds is 2. The van der Waals surface area contributed by atoms with Crippen molar-refractivity contribution < 1.29 is 8.78 Å². The molecule has 13 heavy (non-hydrogen) atoms. The quantitative estimate of drug-likeness (QED) is 0.743. The summed E-state index contributed by atoms with van der Waals surface area (Å²) in [5.41, 5.74) is 1.53. The van der Waals surface area contributed by atoms with Gasteiger partial charge in [0.1, 0.15) is 0 Å². The first-order valence-corrected chi connectivity index (χ1v) is 4.68. The highest BCUT2D eigenvalue weighted by Crippen LogP contribution is 2.26. The average Bonchev–Trinajstić information content (AvgIpc) is 2.01. The summed E-state index contributed by atoms with van der Waals surface area (Å²) < 4.78 is 25.4. The number of benzene rings is 1. The zero-order valence-corrected chi connectivity index (χ0v) is 8.81. The summed E-state index contributed by atoms with van der Waals surface area (Å²) in [6.07, 6.45) is -2.41. The first-order valence-electron chi connectivity index (χ1n) is 3.89. The normalized spacial score (nSPS) is 13.4. The molecule has 0 aromatic heterocycles. The van der Waals surface area contributed by atoms with E-state index in [1.807, 2.05) is 13.0 Å². The molecule has 0 saturated heterocycles. The first kappa shape index (κ1) is 10.6. The lowest BCUT2D eigenvalue weighted by molar-refractivity contribution is 0.130. The monoisotopic (exact) mass is 247 g/mol. The molecule has 0 nitrogen and oxygen atoms in total. The zero-order valence-electron chi connectivity index (χ0n) is 7.23.